The summed E-state index contributed by atoms with van der Waals surface area (Å²) >= 11 is 6.37. The third kappa shape index (κ3) is 3.01. The van der Waals surface area contributed by atoms with Crippen LogP contribution in [0.5, 0.6) is 5.75 Å². The van der Waals surface area contributed by atoms with Gasteiger partial charge < -0.3 is 9.84 Å². The van der Waals surface area contributed by atoms with Crippen molar-refractivity contribution < 1.29 is 14.6 Å². The molecule has 7 heteroatoms. The number of benzene rings is 1. The van der Waals surface area contributed by atoms with Crippen molar-refractivity contribution in [3.8, 4) is 11.8 Å². The van der Waals surface area contributed by atoms with Crippen LogP contribution in [0.1, 0.15) is 41.6 Å². The van der Waals surface area contributed by atoms with Gasteiger partial charge in [-0.1, -0.05) is 23.8 Å². The molecule has 1 aromatic carbocycles. The first-order valence-corrected chi connectivity index (χ1v) is 10.5. The number of ether oxygens (including phenoxy) is 1. The highest BCUT2D eigenvalue weighted by atomic mass is 35.5. The zero-order valence-corrected chi connectivity index (χ0v) is 17.0. The number of nitriles is 1. The molecule has 0 aromatic heterocycles. The molecule has 1 N–H and O–H groups in total. The van der Waals surface area contributed by atoms with Gasteiger partial charge in [0.15, 0.2) is 0 Å². The molecule has 1 aromatic rings. The highest BCUT2D eigenvalue weighted by molar-refractivity contribution is 6.30. The molecule has 30 heavy (non-hydrogen) atoms. The van der Waals surface area contributed by atoms with E-state index in [1.807, 2.05) is 17.2 Å². The van der Waals surface area contributed by atoms with Crippen LogP contribution in [0.2, 0.25) is 0 Å². The number of carboxylic acids is 1. The Kier molecular flexibility index (Phi) is 4.63. The van der Waals surface area contributed by atoms with Gasteiger partial charge in [0.2, 0.25) is 0 Å². The summed E-state index contributed by atoms with van der Waals surface area (Å²) < 4.78 is 6.01. The first-order chi connectivity index (χ1) is 14.6. The lowest BCUT2D eigenvalue weighted by atomic mass is 9.84. The minimum atomic E-state index is -0.980. The van der Waals surface area contributed by atoms with E-state index in [4.69, 9.17) is 21.4 Å². The molecule has 2 aliphatic heterocycles. The van der Waals surface area contributed by atoms with Crippen molar-refractivity contribution in [2.75, 3.05) is 6.61 Å². The van der Waals surface area contributed by atoms with Crippen LogP contribution in [0.25, 0.3) is 0 Å². The third-order valence-electron chi connectivity index (χ3n) is 6.19. The molecular weight excluding hydrogens is 402 g/mol. The molecule has 3 unspecified atom stereocenters. The number of carboxylic acid groups (broad SMARTS) is 1. The predicted octanol–water partition coefficient (Wildman–Crippen LogP) is 4.44. The minimum absolute atomic E-state index is 0.0420. The minimum Gasteiger partial charge on any atom is -0.492 e. The van der Waals surface area contributed by atoms with E-state index in [9.17, 15) is 15.2 Å². The Morgan fingerprint density at radius 1 is 1.37 bits per heavy atom. The summed E-state index contributed by atoms with van der Waals surface area (Å²) in [5.41, 5.74) is 4.20. The molecule has 2 heterocycles. The molecule has 0 fully saturated rings. The van der Waals surface area contributed by atoms with Crippen LogP contribution in [-0.4, -0.2) is 34.4 Å². The van der Waals surface area contributed by atoms with Crippen LogP contribution < -0.4 is 4.74 Å². The predicted molar refractivity (Wildman–Crippen MR) is 112 cm³/mol. The van der Waals surface area contributed by atoms with E-state index in [-0.39, 0.29) is 23.4 Å². The van der Waals surface area contributed by atoms with E-state index >= 15 is 0 Å². The van der Waals surface area contributed by atoms with Crippen molar-refractivity contribution in [3.05, 3.63) is 63.9 Å². The summed E-state index contributed by atoms with van der Waals surface area (Å²) in [6, 6.07) is 7.22. The number of allylic oxidation sites excluding steroid dienone is 4. The topological polar surface area (TPSA) is 85.9 Å². The smallest absolute Gasteiger partial charge is 0.335 e. The fourth-order valence-electron chi connectivity index (χ4n) is 4.69. The van der Waals surface area contributed by atoms with E-state index in [1.54, 1.807) is 18.2 Å². The molecule has 3 atom stereocenters. The van der Waals surface area contributed by atoms with Crippen molar-refractivity contribution in [1.29, 1.82) is 5.26 Å². The van der Waals surface area contributed by atoms with Gasteiger partial charge in [-0.15, -0.1) is 0 Å². The summed E-state index contributed by atoms with van der Waals surface area (Å²) in [5.74, 6) is -0.678. The summed E-state index contributed by atoms with van der Waals surface area (Å²) in [7, 11) is 0. The Morgan fingerprint density at radius 3 is 2.93 bits per heavy atom. The van der Waals surface area contributed by atoms with Crippen LogP contribution >= 0.6 is 11.6 Å². The van der Waals surface area contributed by atoms with Crippen LogP contribution in [0, 0.1) is 23.2 Å². The third-order valence-corrected chi connectivity index (χ3v) is 6.56. The van der Waals surface area contributed by atoms with E-state index in [1.165, 1.54) is 5.57 Å². The van der Waals surface area contributed by atoms with Gasteiger partial charge in [0.25, 0.3) is 0 Å². The number of aromatic carboxylic acids is 1. The number of hydrazone groups is 1. The molecule has 4 aliphatic rings. The van der Waals surface area contributed by atoms with Gasteiger partial charge in [-0.25, -0.2) is 4.79 Å². The lowest BCUT2D eigenvalue weighted by Crippen LogP contribution is -2.39. The van der Waals surface area contributed by atoms with Crippen LogP contribution in [0.4, 0.5) is 0 Å². The number of carbonyl (C=O) groups is 1. The number of hydrogen-bond acceptors (Lipinski definition) is 5. The molecule has 5 rings (SSSR count). The van der Waals surface area contributed by atoms with Gasteiger partial charge in [-0.3, -0.25) is 5.01 Å². The Bertz CT molecular complexity index is 1100. The molecular formula is C23H20ClN3O3. The zero-order chi connectivity index (χ0) is 20.8. The SMILES string of the molecule is N#CC1CC=C(N2N=C3c4ccc(C(=O)O)cc4OCC3C2C2=CCCC2)C=C1Cl. The van der Waals surface area contributed by atoms with E-state index < -0.39 is 5.97 Å². The number of hydrogen-bond donors (Lipinski definition) is 1. The first-order valence-electron chi connectivity index (χ1n) is 10.1. The Labute approximate surface area is 179 Å². The van der Waals surface area contributed by atoms with Crippen molar-refractivity contribution in [2.45, 2.75) is 31.7 Å². The number of fused-ring (bicyclic) bond motifs is 3. The monoisotopic (exact) mass is 421 g/mol. The maximum atomic E-state index is 11.3. The fourth-order valence-corrected chi connectivity index (χ4v) is 4.94. The highest BCUT2D eigenvalue weighted by Gasteiger charge is 2.45. The standard InChI is InChI=1S/C23H20ClN3O3/c24-19-10-16(7-5-15(19)11-25)27-22(13-3-1-2-4-13)18-12-30-20-9-14(23(28)29)6-8-17(20)21(18)26-27/h3,6-10,15,18,22H,1-2,4-5,12H2,(H,28,29). The van der Waals surface area contributed by atoms with Gasteiger partial charge in [0.05, 0.1) is 47.5 Å². The quantitative estimate of drug-likeness (QED) is 0.729. The second kappa shape index (κ2) is 7.33. The van der Waals surface area contributed by atoms with E-state index in [0.29, 0.717) is 23.8 Å². The lowest BCUT2D eigenvalue weighted by Gasteiger charge is -2.32. The van der Waals surface area contributed by atoms with Gasteiger partial charge in [0.1, 0.15) is 5.75 Å². The van der Waals surface area contributed by atoms with Gasteiger partial charge >= 0.3 is 5.97 Å². The van der Waals surface area contributed by atoms with Gasteiger partial charge in [0, 0.05) is 10.6 Å². The Morgan fingerprint density at radius 2 is 2.23 bits per heavy atom. The molecule has 0 radical (unpaired) electrons. The number of halogens is 1. The average Bonchev–Trinajstić information content (AvgIpc) is 3.40. The molecule has 0 amide bonds. The van der Waals surface area contributed by atoms with Crippen molar-refractivity contribution >= 4 is 23.3 Å². The zero-order valence-electron chi connectivity index (χ0n) is 16.2. The maximum absolute atomic E-state index is 11.3. The normalized spacial score (nSPS) is 27.1. The molecule has 152 valence electrons. The molecule has 2 aliphatic carbocycles. The van der Waals surface area contributed by atoms with E-state index in [0.717, 1.165) is 36.2 Å². The second-order valence-electron chi connectivity index (χ2n) is 7.96. The van der Waals surface area contributed by atoms with Crippen LogP contribution in [-0.2, 0) is 0 Å². The molecule has 0 saturated carbocycles. The average molecular weight is 422 g/mol. The van der Waals surface area contributed by atoms with Gasteiger partial charge in [-0.2, -0.15) is 10.4 Å². The summed E-state index contributed by atoms with van der Waals surface area (Å²) in [5, 5.41) is 26.1. The van der Waals surface area contributed by atoms with Gasteiger partial charge in [-0.05, 0) is 55.5 Å². The second-order valence-corrected chi connectivity index (χ2v) is 8.39. The number of nitrogens with zero attached hydrogens (tertiary/aromatic N) is 3. The summed E-state index contributed by atoms with van der Waals surface area (Å²) in [6.45, 7) is 0.443. The van der Waals surface area contributed by atoms with Crippen LogP contribution in [0.15, 0.2) is 57.8 Å². The molecule has 0 spiro atoms. The Balaban J connectivity index is 1.57. The maximum Gasteiger partial charge on any atom is 0.335 e. The molecule has 0 bridgehead atoms. The largest absolute Gasteiger partial charge is 0.492 e. The fraction of sp³-hybridized carbons (Fsp3) is 0.348. The van der Waals surface area contributed by atoms with Crippen LogP contribution in [0.3, 0.4) is 0 Å². The highest BCUT2D eigenvalue weighted by Crippen LogP contribution is 2.43. The number of rotatable bonds is 3. The summed E-state index contributed by atoms with van der Waals surface area (Å²) in [6.07, 6.45) is 9.95. The molecule has 6 nitrogen and oxygen atoms in total. The van der Waals surface area contributed by atoms with Crippen molar-refractivity contribution in [2.24, 2.45) is 16.9 Å². The summed E-state index contributed by atoms with van der Waals surface area (Å²) in [4.78, 5) is 11.3. The van der Waals surface area contributed by atoms with Crippen molar-refractivity contribution in [3.63, 3.8) is 0 Å². The van der Waals surface area contributed by atoms with E-state index in [2.05, 4.69) is 12.1 Å². The first kappa shape index (κ1) is 19.0. The Hall–Kier alpha value is -3.04. The lowest BCUT2D eigenvalue weighted by molar-refractivity contribution is 0.0696. The van der Waals surface area contributed by atoms with Crippen molar-refractivity contribution in [1.82, 2.24) is 5.01 Å². The molecule has 0 saturated heterocycles.